The Balaban J connectivity index is 1.15. The van der Waals surface area contributed by atoms with Crippen molar-refractivity contribution >= 4 is 43.7 Å². The molecule has 0 aliphatic rings. The van der Waals surface area contributed by atoms with Crippen LogP contribution in [0.4, 0.5) is 11.4 Å². The van der Waals surface area contributed by atoms with Crippen LogP contribution in [0.1, 0.15) is 136 Å². The fraction of sp³-hybridized carbons (Fsp3) is 0.610. The van der Waals surface area contributed by atoms with Crippen molar-refractivity contribution in [1.82, 2.24) is 4.57 Å². The van der Waals surface area contributed by atoms with Crippen LogP contribution in [-0.2, 0) is 9.47 Å². The minimum absolute atomic E-state index is 0.0813. The van der Waals surface area contributed by atoms with Crippen LogP contribution >= 0.6 is 0 Å². The van der Waals surface area contributed by atoms with Crippen LogP contribution < -0.4 is 33.4 Å². The van der Waals surface area contributed by atoms with Crippen molar-refractivity contribution < 1.29 is 9.47 Å². The van der Waals surface area contributed by atoms with Gasteiger partial charge in [0.1, 0.15) is 0 Å². The molecule has 0 bridgehead atoms. The summed E-state index contributed by atoms with van der Waals surface area (Å²) in [6.45, 7) is 7.02. The SMILES string of the molecule is CCCCCCCCCCCCCCCCCCCOCC(C)OCC(C)n1c(=O)c2c(N)c3c(=O)c4ccccc4c(=O)c3c(N)c2c1=O. The van der Waals surface area contributed by atoms with E-state index in [1.807, 2.05) is 6.92 Å². The molecule has 0 radical (unpaired) electrons. The molecule has 1 aromatic heterocycles. The van der Waals surface area contributed by atoms with E-state index in [-0.39, 0.29) is 56.4 Å². The summed E-state index contributed by atoms with van der Waals surface area (Å²) >= 11 is 0. The minimum atomic E-state index is -0.657. The molecule has 0 aliphatic heterocycles. The number of nitrogens with zero attached hydrogens (tertiary/aromatic N) is 1. The molecule has 4 N–H and O–H groups in total. The number of benzene rings is 3. The molecule has 0 amide bonds. The highest BCUT2D eigenvalue weighted by Crippen LogP contribution is 2.32. The van der Waals surface area contributed by atoms with E-state index in [2.05, 4.69) is 6.92 Å². The fourth-order valence-electron chi connectivity index (χ4n) is 7.19. The first-order chi connectivity index (χ1) is 24.2. The first kappa shape index (κ1) is 39.2. The third kappa shape index (κ3) is 9.60. The number of nitrogens with two attached hydrogens (primary N) is 2. The van der Waals surface area contributed by atoms with Gasteiger partial charge in [0, 0.05) is 17.4 Å². The Morgan fingerprint density at radius 1 is 0.580 bits per heavy atom. The smallest absolute Gasteiger partial charge is 0.264 e. The van der Waals surface area contributed by atoms with Gasteiger partial charge in [0.25, 0.3) is 11.1 Å². The quantitative estimate of drug-likeness (QED) is 0.0325. The van der Waals surface area contributed by atoms with Crippen LogP contribution in [0.25, 0.3) is 32.3 Å². The normalized spacial score (nSPS) is 13.2. The lowest BCUT2D eigenvalue weighted by Gasteiger charge is -2.17. The van der Waals surface area contributed by atoms with Gasteiger partial charge in [-0.3, -0.25) is 23.7 Å². The second kappa shape index (κ2) is 19.7. The number of aromatic nitrogens is 1. The third-order valence-electron chi connectivity index (χ3n) is 10.1. The van der Waals surface area contributed by atoms with Crippen molar-refractivity contribution in [2.24, 2.45) is 0 Å². The van der Waals surface area contributed by atoms with Gasteiger partial charge >= 0.3 is 0 Å². The summed E-state index contributed by atoms with van der Waals surface area (Å²) in [6, 6.07) is 5.72. The molecule has 0 saturated heterocycles. The van der Waals surface area contributed by atoms with Gasteiger partial charge in [0.05, 0.1) is 58.3 Å². The number of hydrogen-bond acceptors (Lipinski definition) is 8. The zero-order valence-electron chi connectivity index (χ0n) is 30.7. The van der Waals surface area contributed by atoms with Gasteiger partial charge in [0.2, 0.25) is 0 Å². The van der Waals surface area contributed by atoms with Gasteiger partial charge in [0.15, 0.2) is 10.9 Å². The standard InChI is InChI=1S/C41H59N3O6/c1-4-5-6-7-8-9-10-11-12-13-14-15-16-17-18-19-22-25-49-27-29(3)50-26-28(2)44-40(47)34-35(41(44)48)37(43)33-32(36(34)42)38(45)30-23-20-21-24-31(30)39(33)46/h20-21,23-24,28-29H,4-19,22,25-27,42-43H2,1-3H3. The van der Waals surface area contributed by atoms with Crippen LogP contribution in [-0.4, -0.2) is 30.5 Å². The zero-order valence-corrected chi connectivity index (χ0v) is 30.7. The lowest BCUT2D eigenvalue weighted by atomic mass is 9.97. The second-order valence-electron chi connectivity index (χ2n) is 14.2. The Bertz CT molecular complexity index is 1780. The molecule has 9 nitrogen and oxygen atoms in total. The zero-order chi connectivity index (χ0) is 36.0. The number of unbranched alkanes of at least 4 members (excludes halogenated alkanes) is 16. The number of anilines is 2. The molecule has 2 atom stereocenters. The van der Waals surface area contributed by atoms with Gasteiger partial charge in [-0.15, -0.1) is 0 Å². The van der Waals surface area contributed by atoms with Crippen LogP contribution in [0.5, 0.6) is 0 Å². The lowest BCUT2D eigenvalue weighted by molar-refractivity contribution is -0.0174. The van der Waals surface area contributed by atoms with E-state index in [1.54, 1.807) is 19.1 Å². The fourth-order valence-corrected chi connectivity index (χ4v) is 7.19. The summed E-state index contributed by atoms with van der Waals surface area (Å²) in [5.74, 6) is 0. The molecule has 2 unspecified atom stereocenters. The largest absolute Gasteiger partial charge is 0.397 e. The number of nitrogen functional groups attached to an aromatic ring is 2. The monoisotopic (exact) mass is 689 g/mol. The molecular formula is C41H59N3O6. The highest BCUT2D eigenvalue weighted by molar-refractivity contribution is 6.20. The summed E-state index contributed by atoms with van der Waals surface area (Å²) in [5.41, 5.74) is 10.0. The van der Waals surface area contributed by atoms with E-state index in [9.17, 15) is 19.2 Å². The highest BCUT2D eigenvalue weighted by Gasteiger charge is 2.27. The highest BCUT2D eigenvalue weighted by atomic mass is 16.5. The molecule has 3 aromatic carbocycles. The summed E-state index contributed by atoms with van der Waals surface area (Å²) in [5, 5.41) is -0.141. The molecule has 0 spiro atoms. The van der Waals surface area contributed by atoms with Crippen molar-refractivity contribution in [2.45, 2.75) is 142 Å². The molecule has 0 aliphatic carbocycles. The maximum Gasteiger partial charge on any atom is 0.264 e. The second-order valence-corrected chi connectivity index (χ2v) is 14.2. The Kier molecular flexibility index (Phi) is 15.5. The first-order valence-electron chi connectivity index (χ1n) is 19.2. The molecule has 0 fully saturated rings. The average molecular weight is 690 g/mol. The molecule has 50 heavy (non-hydrogen) atoms. The van der Waals surface area contributed by atoms with E-state index >= 15 is 0 Å². The van der Waals surface area contributed by atoms with Crippen molar-refractivity contribution in [3.8, 4) is 0 Å². The van der Waals surface area contributed by atoms with Gasteiger partial charge in [-0.25, -0.2) is 0 Å². The predicted octanol–water partition coefficient (Wildman–Crippen LogP) is 8.06. The Morgan fingerprint density at radius 2 is 0.980 bits per heavy atom. The summed E-state index contributed by atoms with van der Waals surface area (Å²) in [6.07, 6.45) is 22.4. The van der Waals surface area contributed by atoms with Gasteiger partial charge in [-0.05, 0) is 20.3 Å². The van der Waals surface area contributed by atoms with Crippen LogP contribution in [0.2, 0.25) is 0 Å². The first-order valence-corrected chi connectivity index (χ1v) is 19.2. The third-order valence-corrected chi connectivity index (χ3v) is 10.1. The Hall–Kier alpha value is -3.56. The maximum absolute atomic E-state index is 13.5. The molecule has 4 aromatic rings. The van der Waals surface area contributed by atoms with Crippen molar-refractivity contribution in [3.05, 3.63) is 65.4 Å². The molecule has 9 heteroatoms. The van der Waals surface area contributed by atoms with E-state index in [0.717, 1.165) is 17.4 Å². The molecule has 0 saturated carbocycles. The van der Waals surface area contributed by atoms with Gasteiger partial charge in [-0.1, -0.05) is 134 Å². The van der Waals surface area contributed by atoms with E-state index in [0.29, 0.717) is 13.2 Å². The minimum Gasteiger partial charge on any atom is -0.397 e. The van der Waals surface area contributed by atoms with E-state index in [1.165, 1.54) is 108 Å². The Labute approximate surface area is 296 Å². The Morgan fingerprint density at radius 3 is 1.40 bits per heavy atom. The average Bonchev–Trinajstić information content (AvgIpc) is 3.38. The number of ether oxygens (including phenoxy) is 2. The topological polar surface area (TPSA) is 144 Å². The summed E-state index contributed by atoms with van der Waals surface area (Å²) in [4.78, 5) is 53.8. The summed E-state index contributed by atoms with van der Waals surface area (Å²) < 4.78 is 12.8. The lowest BCUT2D eigenvalue weighted by Crippen LogP contribution is -2.32. The maximum atomic E-state index is 13.5. The van der Waals surface area contributed by atoms with Crippen molar-refractivity contribution in [3.63, 3.8) is 0 Å². The molecular weight excluding hydrogens is 630 g/mol. The van der Waals surface area contributed by atoms with Crippen molar-refractivity contribution in [1.29, 1.82) is 0 Å². The number of rotatable bonds is 24. The molecule has 274 valence electrons. The number of hydrogen-bond donors (Lipinski definition) is 2. The van der Waals surface area contributed by atoms with Gasteiger partial charge < -0.3 is 20.9 Å². The van der Waals surface area contributed by atoms with Crippen molar-refractivity contribution in [2.75, 3.05) is 31.3 Å². The van der Waals surface area contributed by atoms with Gasteiger partial charge in [-0.2, -0.15) is 0 Å². The predicted molar refractivity (Wildman–Crippen MR) is 208 cm³/mol. The van der Waals surface area contributed by atoms with Crippen LogP contribution in [0.3, 0.4) is 0 Å². The van der Waals surface area contributed by atoms with Crippen LogP contribution in [0, 0.1) is 0 Å². The molecule has 1 heterocycles. The molecule has 4 rings (SSSR count). The summed E-state index contributed by atoms with van der Waals surface area (Å²) in [7, 11) is 0. The number of fused-ring (bicyclic) bond motifs is 3. The van der Waals surface area contributed by atoms with E-state index < -0.39 is 28.0 Å². The van der Waals surface area contributed by atoms with Crippen LogP contribution in [0.15, 0.2) is 43.4 Å². The van der Waals surface area contributed by atoms with E-state index in [4.69, 9.17) is 20.9 Å².